The first kappa shape index (κ1) is 22.2. The largest absolute Gasteiger partial charge is 0.0917 e. The molecule has 166 valence electrons. The minimum Gasteiger partial charge on any atom is -0.0917 e. The second-order valence-electron chi connectivity index (χ2n) is 11.0. The lowest BCUT2D eigenvalue weighted by Gasteiger charge is -2.45. The van der Waals surface area contributed by atoms with Gasteiger partial charge in [-0.3, -0.25) is 0 Å². The maximum Gasteiger partial charge on any atom is -0.0244 e. The Morgan fingerprint density at radius 3 is 2.50 bits per heavy atom. The van der Waals surface area contributed by atoms with Gasteiger partial charge in [0.2, 0.25) is 0 Å². The van der Waals surface area contributed by atoms with E-state index in [-0.39, 0.29) is 0 Å². The van der Waals surface area contributed by atoms with Crippen LogP contribution in [0.1, 0.15) is 108 Å². The summed E-state index contributed by atoms with van der Waals surface area (Å²) in [5, 5.41) is 0. The van der Waals surface area contributed by atoms with E-state index in [1.165, 1.54) is 64.2 Å². The molecule has 3 aliphatic rings. The van der Waals surface area contributed by atoms with Gasteiger partial charge in [-0.05, 0) is 117 Å². The van der Waals surface area contributed by atoms with Crippen LogP contribution in [0.2, 0.25) is 0 Å². The molecular formula is C30H46. The summed E-state index contributed by atoms with van der Waals surface area (Å²) in [5.41, 5.74) is 4.90. The third-order valence-electron chi connectivity index (χ3n) is 9.02. The summed E-state index contributed by atoms with van der Waals surface area (Å²) in [6, 6.07) is 7.44. The van der Waals surface area contributed by atoms with E-state index in [0.717, 1.165) is 29.6 Å². The number of rotatable bonds is 8. The molecule has 30 heavy (non-hydrogen) atoms. The van der Waals surface area contributed by atoms with E-state index >= 15 is 0 Å². The van der Waals surface area contributed by atoms with E-state index < -0.39 is 0 Å². The van der Waals surface area contributed by atoms with E-state index in [0.29, 0.717) is 0 Å². The van der Waals surface area contributed by atoms with Crippen molar-refractivity contribution in [1.82, 2.24) is 0 Å². The Bertz CT molecular complexity index is 683. The molecule has 0 bridgehead atoms. The summed E-state index contributed by atoms with van der Waals surface area (Å²) in [6.45, 7) is 4.46. The number of hydrogen-bond donors (Lipinski definition) is 0. The fourth-order valence-electron chi connectivity index (χ4n) is 7.21. The predicted octanol–water partition coefficient (Wildman–Crippen LogP) is 8.71. The molecule has 0 amide bonds. The van der Waals surface area contributed by atoms with Crippen molar-refractivity contribution in [2.24, 2.45) is 29.6 Å². The summed E-state index contributed by atoms with van der Waals surface area (Å²) in [7, 11) is 0. The number of allylic oxidation sites excluding steroid dienone is 2. The molecule has 5 unspecified atom stereocenters. The smallest absolute Gasteiger partial charge is 0.0244 e. The summed E-state index contributed by atoms with van der Waals surface area (Å²) in [6.07, 6.45) is 26.2. The Morgan fingerprint density at radius 1 is 0.867 bits per heavy atom. The van der Waals surface area contributed by atoms with Crippen molar-refractivity contribution in [3.05, 3.63) is 47.0 Å². The van der Waals surface area contributed by atoms with Crippen LogP contribution in [0, 0.1) is 29.6 Å². The zero-order chi connectivity index (χ0) is 20.8. The van der Waals surface area contributed by atoms with Crippen LogP contribution in [-0.4, -0.2) is 0 Å². The zero-order valence-electron chi connectivity index (χ0n) is 19.9. The van der Waals surface area contributed by atoms with Crippen LogP contribution in [0.5, 0.6) is 0 Å². The second-order valence-corrected chi connectivity index (χ2v) is 11.0. The highest BCUT2D eigenvalue weighted by Gasteiger charge is 2.38. The molecule has 0 aliphatic heterocycles. The highest BCUT2D eigenvalue weighted by Crippen LogP contribution is 2.49. The molecule has 0 spiro atoms. The van der Waals surface area contributed by atoms with Crippen molar-refractivity contribution in [3.63, 3.8) is 0 Å². The van der Waals surface area contributed by atoms with Crippen molar-refractivity contribution in [3.8, 4) is 0 Å². The van der Waals surface area contributed by atoms with Gasteiger partial charge in [0.1, 0.15) is 0 Å². The van der Waals surface area contributed by atoms with Crippen LogP contribution in [0.25, 0.3) is 0 Å². The van der Waals surface area contributed by atoms with Gasteiger partial charge in [0, 0.05) is 0 Å². The van der Waals surface area contributed by atoms with Crippen LogP contribution in [0.15, 0.2) is 30.4 Å². The molecule has 5 atom stereocenters. The first-order valence-electron chi connectivity index (χ1n) is 13.5. The molecule has 2 saturated carbocycles. The van der Waals surface area contributed by atoms with Crippen molar-refractivity contribution in [2.45, 2.75) is 110 Å². The van der Waals surface area contributed by atoms with E-state index in [1.54, 1.807) is 48.8 Å². The fourth-order valence-corrected chi connectivity index (χ4v) is 7.21. The predicted molar refractivity (Wildman–Crippen MR) is 131 cm³/mol. The van der Waals surface area contributed by atoms with Gasteiger partial charge in [0.05, 0.1) is 0 Å². The van der Waals surface area contributed by atoms with E-state index in [1.807, 2.05) is 0 Å². The number of benzene rings is 1. The Kier molecular flexibility index (Phi) is 8.14. The van der Waals surface area contributed by atoms with Gasteiger partial charge in [-0.2, -0.15) is 0 Å². The molecule has 1 aromatic carbocycles. The molecule has 4 rings (SSSR count). The molecule has 3 aliphatic carbocycles. The lowest BCUT2D eigenvalue weighted by molar-refractivity contribution is 0.0690. The average Bonchev–Trinajstić information content (AvgIpc) is 2.78. The van der Waals surface area contributed by atoms with E-state index in [2.05, 4.69) is 44.2 Å². The van der Waals surface area contributed by atoms with Gasteiger partial charge in [0.25, 0.3) is 0 Å². The Morgan fingerprint density at radius 2 is 1.67 bits per heavy atom. The quantitative estimate of drug-likeness (QED) is 0.299. The molecular weight excluding hydrogens is 360 g/mol. The molecule has 0 radical (unpaired) electrons. The van der Waals surface area contributed by atoms with E-state index in [9.17, 15) is 0 Å². The summed E-state index contributed by atoms with van der Waals surface area (Å²) in [5.74, 6) is 5.21. The normalized spacial score (nSPS) is 31.5. The minimum atomic E-state index is 0.967. The standard InChI is InChI=1S/C30H46/c1-3-5-7-9-23-11-13-27-21-29(17-15-25(27)19-23)30-18-16-26-20-24(10-8-6-4-2)12-14-28(26)22-30/h3,5,11,13,19,24,26,28-30H,4,6-10,12,14-18,20-22H2,1-2H3/b5-3+. The van der Waals surface area contributed by atoms with Gasteiger partial charge in [-0.25, -0.2) is 0 Å². The lowest BCUT2D eigenvalue weighted by Crippen LogP contribution is -2.35. The molecule has 0 heteroatoms. The highest BCUT2D eigenvalue weighted by atomic mass is 14.4. The molecule has 0 saturated heterocycles. The topological polar surface area (TPSA) is 0 Å². The van der Waals surface area contributed by atoms with E-state index in [4.69, 9.17) is 0 Å². The molecule has 0 N–H and O–H groups in total. The van der Waals surface area contributed by atoms with Crippen LogP contribution >= 0.6 is 0 Å². The number of unbranched alkanes of at least 4 members (excludes halogenated alkanes) is 2. The van der Waals surface area contributed by atoms with Crippen LogP contribution < -0.4 is 0 Å². The Balaban J connectivity index is 1.28. The van der Waals surface area contributed by atoms with Crippen LogP contribution in [0.4, 0.5) is 0 Å². The minimum absolute atomic E-state index is 0.967. The monoisotopic (exact) mass is 406 g/mol. The summed E-state index contributed by atoms with van der Waals surface area (Å²) in [4.78, 5) is 0. The Labute approximate surface area is 186 Å². The van der Waals surface area contributed by atoms with Crippen molar-refractivity contribution in [2.75, 3.05) is 0 Å². The molecule has 0 nitrogen and oxygen atoms in total. The van der Waals surface area contributed by atoms with Crippen LogP contribution in [-0.2, 0) is 19.3 Å². The molecule has 2 fully saturated rings. The Hall–Kier alpha value is -1.04. The van der Waals surface area contributed by atoms with Crippen molar-refractivity contribution < 1.29 is 0 Å². The molecule has 0 aromatic heterocycles. The highest BCUT2D eigenvalue weighted by molar-refractivity contribution is 5.34. The third kappa shape index (κ3) is 5.60. The van der Waals surface area contributed by atoms with Gasteiger partial charge in [-0.1, -0.05) is 69.4 Å². The van der Waals surface area contributed by atoms with Gasteiger partial charge in [0.15, 0.2) is 0 Å². The first-order chi connectivity index (χ1) is 14.8. The average molecular weight is 407 g/mol. The first-order valence-corrected chi connectivity index (χ1v) is 13.5. The summed E-state index contributed by atoms with van der Waals surface area (Å²) >= 11 is 0. The third-order valence-corrected chi connectivity index (χ3v) is 9.02. The zero-order valence-corrected chi connectivity index (χ0v) is 19.9. The lowest BCUT2D eigenvalue weighted by atomic mass is 9.61. The fraction of sp³-hybridized carbons (Fsp3) is 0.733. The second kappa shape index (κ2) is 11.0. The van der Waals surface area contributed by atoms with Gasteiger partial charge >= 0.3 is 0 Å². The molecule has 0 heterocycles. The number of fused-ring (bicyclic) bond motifs is 2. The maximum absolute atomic E-state index is 2.53. The number of hydrogen-bond acceptors (Lipinski definition) is 0. The van der Waals surface area contributed by atoms with Crippen molar-refractivity contribution >= 4 is 0 Å². The van der Waals surface area contributed by atoms with Crippen molar-refractivity contribution in [1.29, 1.82) is 0 Å². The number of aryl methyl sites for hydroxylation is 2. The SMILES string of the molecule is C/C=C/CCc1ccc2c(c1)CCC(C1CCC3CC(CCCCC)CCC3C1)C2. The summed E-state index contributed by atoms with van der Waals surface area (Å²) < 4.78 is 0. The maximum atomic E-state index is 2.53. The van der Waals surface area contributed by atoms with Crippen LogP contribution in [0.3, 0.4) is 0 Å². The van der Waals surface area contributed by atoms with Gasteiger partial charge < -0.3 is 0 Å². The molecule has 1 aromatic rings. The van der Waals surface area contributed by atoms with Gasteiger partial charge in [-0.15, -0.1) is 0 Å².